The van der Waals surface area contributed by atoms with Crippen molar-refractivity contribution in [2.45, 2.75) is 26.2 Å². The van der Waals surface area contributed by atoms with Gasteiger partial charge in [-0.1, -0.05) is 121 Å². The Morgan fingerprint density at radius 1 is 0.368 bits per heavy atom. The van der Waals surface area contributed by atoms with Gasteiger partial charge >= 0.3 is 0 Å². The fraction of sp³-hybridized carbons (Fsp3) is 0.118. The first-order chi connectivity index (χ1) is 18.7. The summed E-state index contributed by atoms with van der Waals surface area (Å²) >= 11 is 0. The highest BCUT2D eigenvalue weighted by molar-refractivity contribution is 5.82. The predicted molar refractivity (Wildman–Crippen MR) is 161 cm³/mol. The van der Waals surface area contributed by atoms with Crippen LogP contribution in [0.25, 0.3) is 0 Å². The van der Waals surface area contributed by atoms with E-state index in [1.54, 1.807) is 0 Å². The van der Waals surface area contributed by atoms with Crippen LogP contribution in [-0.2, 0) is 26.2 Å². The maximum atomic E-state index is 6.80. The molecular formula is C34H34N4. The van der Waals surface area contributed by atoms with E-state index in [0.29, 0.717) is 11.4 Å². The van der Waals surface area contributed by atoms with E-state index in [9.17, 15) is 0 Å². The number of nitrogen functional groups attached to an aromatic ring is 2. The normalized spacial score (nSPS) is 10.7. The quantitative estimate of drug-likeness (QED) is 0.199. The second kappa shape index (κ2) is 12.0. The van der Waals surface area contributed by atoms with Crippen molar-refractivity contribution in [1.29, 1.82) is 0 Å². The van der Waals surface area contributed by atoms with Crippen molar-refractivity contribution in [3.05, 3.63) is 156 Å². The van der Waals surface area contributed by atoms with Crippen LogP contribution in [0.1, 0.15) is 22.3 Å². The molecule has 5 aromatic carbocycles. The molecule has 0 atom stereocenters. The molecule has 5 rings (SSSR count). The van der Waals surface area contributed by atoms with E-state index in [2.05, 4.69) is 107 Å². The number of nitrogens with two attached hydrogens (primary N) is 2. The van der Waals surface area contributed by atoms with Crippen molar-refractivity contribution in [2.24, 2.45) is 0 Å². The van der Waals surface area contributed by atoms with Gasteiger partial charge in [0.1, 0.15) is 0 Å². The number of benzene rings is 5. The Balaban J connectivity index is 1.50. The Morgan fingerprint density at radius 2 is 0.605 bits per heavy atom. The van der Waals surface area contributed by atoms with Gasteiger partial charge in [0.25, 0.3) is 0 Å². The lowest BCUT2D eigenvalue weighted by Crippen LogP contribution is -2.26. The van der Waals surface area contributed by atoms with Gasteiger partial charge in [0, 0.05) is 26.2 Å². The van der Waals surface area contributed by atoms with Crippen LogP contribution in [0.5, 0.6) is 0 Å². The largest absolute Gasteiger partial charge is 0.397 e. The fourth-order valence-electron chi connectivity index (χ4n) is 4.82. The van der Waals surface area contributed by atoms with Gasteiger partial charge in [0.2, 0.25) is 0 Å². The van der Waals surface area contributed by atoms with E-state index in [1.165, 1.54) is 22.3 Å². The highest BCUT2D eigenvalue weighted by atomic mass is 15.2. The average Bonchev–Trinajstić information content (AvgIpc) is 2.96. The molecule has 0 bridgehead atoms. The first-order valence-corrected chi connectivity index (χ1v) is 13.0. The van der Waals surface area contributed by atoms with Crippen molar-refractivity contribution in [2.75, 3.05) is 21.3 Å². The first-order valence-electron chi connectivity index (χ1n) is 13.0. The molecule has 38 heavy (non-hydrogen) atoms. The van der Waals surface area contributed by atoms with Crippen molar-refractivity contribution in [1.82, 2.24) is 0 Å². The van der Waals surface area contributed by atoms with Crippen LogP contribution in [-0.4, -0.2) is 0 Å². The molecule has 0 aromatic heterocycles. The topological polar surface area (TPSA) is 58.5 Å². The van der Waals surface area contributed by atoms with Crippen LogP contribution in [0.2, 0.25) is 0 Å². The summed E-state index contributed by atoms with van der Waals surface area (Å²) in [6, 6.07) is 46.0. The Hall–Kier alpha value is -4.70. The summed E-state index contributed by atoms with van der Waals surface area (Å²) in [5.74, 6) is 0. The molecule has 0 unspecified atom stereocenters. The number of hydrogen-bond acceptors (Lipinski definition) is 4. The monoisotopic (exact) mass is 498 g/mol. The molecule has 190 valence electrons. The average molecular weight is 499 g/mol. The molecule has 0 spiro atoms. The van der Waals surface area contributed by atoms with Crippen molar-refractivity contribution >= 4 is 22.7 Å². The second-order valence-corrected chi connectivity index (χ2v) is 9.62. The van der Waals surface area contributed by atoms with Crippen LogP contribution < -0.4 is 21.3 Å². The lowest BCUT2D eigenvalue weighted by Gasteiger charge is -2.31. The summed E-state index contributed by atoms with van der Waals surface area (Å²) in [5.41, 5.74) is 21.8. The van der Waals surface area contributed by atoms with Crippen LogP contribution in [0, 0.1) is 0 Å². The smallest absolute Gasteiger partial charge is 0.0628 e. The molecular weight excluding hydrogens is 464 g/mol. The van der Waals surface area contributed by atoms with Gasteiger partial charge in [-0.05, 0) is 34.4 Å². The number of nitrogens with zero attached hydrogens (tertiary/aromatic N) is 2. The van der Waals surface area contributed by atoms with Crippen LogP contribution in [0.3, 0.4) is 0 Å². The van der Waals surface area contributed by atoms with Crippen molar-refractivity contribution in [3.8, 4) is 0 Å². The van der Waals surface area contributed by atoms with Gasteiger partial charge < -0.3 is 21.3 Å². The zero-order valence-electron chi connectivity index (χ0n) is 21.6. The molecule has 0 aliphatic heterocycles. The lowest BCUT2D eigenvalue weighted by atomic mass is 10.1. The number of rotatable bonds is 10. The minimum absolute atomic E-state index is 0.715. The van der Waals surface area contributed by atoms with Gasteiger partial charge in [-0.25, -0.2) is 0 Å². The third-order valence-corrected chi connectivity index (χ3v) is 6.72. The van der Waals surface area contributed by atoms with Gasteiger partial charge in [-0.2, -0.15) is 0 Å². The minimum Gasteiger partial charge on any atom is -0.397 e. The van der Waals surface area contributed by atoms with Crippen molar-refractivity contribution in [3.63, 3.8) is 0 Å². The molecule has 0 saturated heterocycles. The van der Waals surface area contributed by atoms with E-state index < -0.39 is 0 Å². The second-order valence-electron chi connectivity index (χ2n) is 9.62. The zero-order chi connectivity index (χ0) is 26.2. The van der Waals surface area contributed by atoms with Gasteiger partial charge in [-0.3, -0.25) is 0 Å². The van der Waals surface area contributed by atoms with E-state index in [1.807, 2.05) is 36.4 Å². The van der Waals surface area contributed by atoms with E-state index in [4.69, 9.17) is 11.5 Å². The van der Waals surface area contributed by atoms with Crippen LogP contribution in [0.15, 0.2) is 133 Å². The van der Waals surface area contributed by atoms with E-state index >= 15 is 0 Å². The van der Waals surface area contributed by atoms with E-state index in [-0.39, 0.29) is 0 Å². The Labute approximate surface area is 225 Å². The molecule has 4 N–H and O–H groups in total. The highest BCUT2D eigenvalue weighted by Crippen LogP contribution is 2.37. The number of hydrogen-bond donors (Lipinski definition) is 2. The van der Waals surface area contributed by atoms with Gasteiger partial charge in [0.15, 0.2) is 0 Å². The van der Waals surface area contributed by atoms with Gasteiger partial charge in [0.05, 0.1) is 22.7 Å². The molecule has 0 heterocycles. The molecule has 5 aromatic rings. The number of anilines is 4. The summed E-state index contributed by atoms with van der Waals surface area (Å²) in [6.07, 6.45) is 0. The Morgan fingerprint density at radius 3 is 0.842 bits per heavy atom. The maximum absolute atomic E-state index is 6.80. The molecule has 0 fully saturated rings. The fourth-order valence-corrected chi connectivity index (χ4v) is 4.82. The molecule has 0 saturated carbocycles. The minimum atomic E-state index is 0.715. The summed E-state index contributed by atoms with van der Waals surface area (Å²) in [6.45, 7) is 2.93. The molecule has 0 aliphatic rings. The Kier molecular flexibility index (Phi) is 7.90. The molecule has 0 aliphatic carbocycles. The molecule has 4 nitrogen and oxygen atoms in total. The third-order valence-electron chi connectivity index (χ3n) is 6.72. The van der Waals surface area contributed by atoms with Crippen molar-refractivity contribution < 1.29 is 0 Å². The Bertz CT molecular complexity index is 1230. The standard InChI is InChI=1S/C34H34N4/c35-31-22-34(38(25-29-17-9-3-10-18-29)26-30-19-11-4-12-20-30)32(36)21-33(31)37(23-27-13-5-1-6-14-27)24-28-15-7-2-8-16-28/h1-22H,23-26,35-36H2. The molecule has 0 amide bonds. The lowest BCUT2D eigenvalue weighted by molar-refractivity contribution is 0.794. The summed E-state index contributed by atoms with van der Waals surface area (Å²) < 4.78 is 0. The van der Waals surface area contributed by atoms with Gasteiger partial charge in [-0.15, -0.1) is 0 Å². The first kappa shape index (κ1) is 25.0. The van der Waals surface area contributed by atoms with Crippen LogP contribution >= 0.6 is 0 Å². The summed E-state index contributed by atoms with van der Waals surface area (Å²) in [4.78, 5) is 4.61. The zero-order valence-corrected chi connectivity index (χ0v) is 21.6. The molecule has 0 radical (unpaired) electrons. The predicted octanol–water partition coefficient (Wildman–Crippen LogP) is 7.26. The summed E-state index contributed by atoms with van der Waals surface area (Å²) in [5, 5.41) is 0. The third kappa shape index (κ3) is 6.34. The van der Waals surface area contributed by atoms with Crippen LogP contribution in [0.4, 0.5) is 22.7 Å². The molecule has 4 heteroatoms. The maximum Gasteiger partial charge on any atom is 0.0628 e. The summed E-state index contributed by atoms with van der Waals surface area (Å²) in [7, 11) is 0. The SMILES string of the molecule is Nc1cc(N(Cc2ccccc2)Cc2ccccc2)c(N)cc1N(Cc1ccccc1)Cc1ccccc1. The highest BCUT2D eigenvalue weighted by Gasteiger charge is 2.18. The van der Waals surface area contributed by atoms with E-state index in [0.717, 1.165) is 37.6 Å².